The molecule has 0 spiro atoms. The summed E-state index contributed by atoms with van der Waals surface area (Å²) in [7, 11) is 0. The van der Waals surface area contributed by atoms with Crippen LogP contribution >= 0.6 is 0 Å². The number of nitrogens with one attached hydrogen (secondary N) is 2. The number of imidazole rings is 1. The van der Waals surface area contributed by atoms with Crippen molar-refractivity contribution in [2.45, 2.75) is 19.8 Å². The van der Waals surface area contributed by atoms with Crippen LogP contribution in [0.1, 0.15) is 11.4 Å². The molecule has 1 amide bonds. The lowest BCUT2D eigenvalue weighted by Gasteiger charge is -2.11. The van der Waals surface area contributed by atoms with E-state index in [1.54, 1.807) is 0 Å². The van der Waals surface area contributed by atoms with Gasteiger partial charge < -0.3 is 19.8 Å². The van der Waals surface area contributed by atoms with E-state index in [1.165, 1.54) is 12.1 Å². The number of aromatic amines is 1. The molecule has 2 N–H and O–H groups in total. The van der Waals surface area contributed by atoms with Gasteiger partial charge in [0.2, 0.25) is 5.91 Å². The van der Waals surface area contributed by atoms with Crippen LogP contribution in [0.5, 0.6) is 11.5 Å². The van der Waals surface area contributed by atoms with Gasteiger partial charge in [-0.15, -0.1) is 0 Å². The van der Waals surface area contributed by atoms with Gasteiger partial charge in [-0.1, -0.05) is 12.1 Å². The Kier molecular flexibility index (Phi) is 6.32. The molecule has 1 heterocycles. The van der Waals surface area contributed by atoms with Gasteiger partial charge in [0.25, 0.3) is 0 Å². The van der Waals surface area contributed by atoms with Gasteiger partial charge in [0.1, 0.15) is 17.3 Å². The van der Waals surface area contributed by atoms with Crippen LogP contribution < -0.4 is 14.8 Å². The second kappa shape index (κ2) is 9.09. The van der Waals surface area contributed by atoms with E-state index >= 15 is 0 Å². The van der Waals surface area contributed by atoms with Crippen molar-refractivity contribution < 1.29 is 31.8 Å². The monoisotopic (exact) mass is 409 g/mol. The molecule has 6 nitrogen and oxygen atoms in total. The van der Waals surface area contributed by atoms with Gasteiger partial charge in [-0.05, 0) is 30.3 Å². The van der Waals surface area contributed by atoms with E-state index < -0.39 is 24.9 Å². The minimum Gasteiger partial charge on any atom is -0.435 e. The van der Waals surface area contributed by atoms with Crippen molar-refractivity contribution in [3.05, 3.63) is 59.9 Å². The van der Waals surface area contributed by atoms with Crippen LogP contribution in [0.3, 0.4) is 0 Å². The van der Waals surface area contributed by atoms with Crippen molar-refractivity contribution in [1.82, 2.24) is 15.3 Å². The Labute approximate surface area is 162 Å². The van der Waals surface area contributed by atoms with E-state index in [-0.39, 0.29) is 17.9 Å². The number of aromatic nitrogens is 2. The molecule has 0 aliphatic carbocycles. The van der Waals surface area contributed by atoms with Gasteiger partial charge in [-0.25, -0.2) is 4.98 Å². The Morgan fingerprint density at radius 3 is 2.59 bits per heavy atom. The number of carbonyl (C=O) groups excluding carboxylic acids is 1. The molecular formula is C19H15F4N3O3. The predicted molar refractivity (Wildman–Crippen MR) is 96.7 cm³/mol. The summed E-state index contributed by atoms with van der Waals surface area (Å²) in [5, 5.41) is 2.60. The number of alkyl halides is 4. The molecule has 0 fully saturated rings. The van der Waals surface area contributed by atoms with Crippen molar-refractivity contribution >= 4 is 23.0 Å². The van der Waals surface area contributed by atoms with Crippen LogP contribution in [-0.2, 0) is 11.3 Å². The molecule has 2 aromatic carbocycles. The third kappa shape index (κ3) is 5.71. The number of H-pyrrole nitrogens is 1. The van der Waals surface area contributed by atoms with E-state index in [2.05, 4.69) is 24.8 Å². The average Bonchev–Trinajstić information content (AvgIpc) is 3.08. The molecule has 0 saturated heterocycles. The molecule has 0 radical (unpaired) electrons. The molecule has 152 valence electrons. The van der Waals surface area contributed by atoms with E-state index in [0.29, 0.717) is 5.82 Å². The molecule has 0 unspecified atom stereocenters. The maximum Gasteiger partial charge on any atom is 0.387 e. The van der Waals surface area contributed by atoms with Crippen molar-refractivity contribution in [3.8, 4) is 11.5 Å². The van der Waals surface area contributed by atoms with Crippen molar-refractivity contribution in [2.24, 2.45) is 0 Å². The summed E-state index contributed by atoms with van der Waals surface area (Å²) in [5.41, 5.74) is 1.67. The molecule has 10 heteroatoms. The number of hydrogen-bond donors (Lipinski definition) is 2. The van der Waals surface area contributed by atoms with E-state index in [4.69, 9.17) is 0 Å². The molecule has 1 aromatic heterocycles. The Morgan fingerprint density at radius 2 is 1.86 bits per heavy atom. The van der Waals surface area contributed by atoms with Gasteiger partial charge in [0.05, 0.1) is 17.6 Å². The summed E-state index contributed by atoms with van der Waals surface area (Å²) >= 11 is 0. The van der Waals surface area contributed by atoms with Crippen LogP contribution in [0.4, 0.5) is 17.6 Å². The topological polar surface area (TPSA) is 76.2 Å². The first-order chi connectivity index (χ1) is 13.9. The highest BCUT2D eigenvalue weighted by atomic mass is 19.3. The first-order valence-corrected chi connectivity index (χ1v) is 8.34. The fraction of sp³-hybridized carbons (Fsp3) is 0.158. The largest absolute Gasteiger partial charge is 0.435 e. The number of para-hydroxylation sites is 2. The quantitative estimate of drug-likeness (QED) is 0.434. The number of halogens is 4. The van der Waals surface area contributed by atoms with Crippen LogP contribution in [0.25, 0.3) is 17.1 Å². The van der Waals surface area contributed by atoms with Crippen LogP contribution in [-0.4, -0.2) is 29.1 Å². The number of fused-ring (bicyclic) bond motifs is 1. The second-order valence-corrected chi connectivity index (χ2v) is 5.71. The standard InChI is InChI=1S/C19H15F4N3O3/c20-18(21)28-12-7-5-11(15(9-12)29-19(22)23)6-8-17(27)24-10-16-25-13-3-1-2-4-14(13)26-16/h1-9,18-19H,10H2,(H,24,27)(H,25,26)/b8-6+. The smallest absolute Gasteiger partial charge is 0.387 e. The third-order valence-electron chi connectivity index (χ3n) is 3.71. The lowest BCUT2D eigenvalue weighted by molar-refractivity contribution is -0.116. The summed E-state index contributed by atoms with van der Waals surface area (Å²) < 4.78 is 58.1. The summed E-state index contributed by atoms with van der Waals surface area (Å²) in [5.74, 6) is -0.717. The first kappa shape index (κ1) is 20.2. The van der Waals surface area contributed by atoms with Gasteiger partial charge in [0.15, 0.2) is 0 Å². The Hall–Kier alpha value is -3.56. The molecule has 0 aliphatic heterocycles. The molecule has 0 aliphatic rings. The van der Waals surface area contributed by atoms with Gasteiger partial charge in [-0.3, -0.25) is 4.79 Å². The van der Waals surface area contributed by atoms with Crippen LogP contribution in [0, 0.1) is 0 Å². The van der Waals surface area contributed by atoms with E-state index in [0.717, 1.165) is 29.2 Å². The second-order valence-electron chi connectivity index (χ2n) is 5.71. The fourth-order valence-corrected chi connectivity index (χ4v) is 2.51. The molecule has 0 atom stereocenters. The van der Waals surface area contributed by atoms with Crippen molar-refractivity contribution in [3.63, 3.8) is 0 Å². The summed E-state index contributed by atoms with van der Waals surface area (Å²) in [6.07, 6.45) is 2.32. The molecular weight excluding hydrogens is 394 g/mol. The van der Waals surface area contributed by atoms with Gasteiger partial charge in [0, 0.05) is 17.7 Å². The normalized spacial score (nSPS) is 11.5. The van der Waals surface area contributed by atoms with Gasteiger partial charge >= 0.3 is 13.2 Å². The molecule has 3 rings (SSSR count). The first-order valence-electron chi connectivity index (χ1n) is 8.34. The Bertz CT molecular complexity index is 988. The lowest BCUT2D eigenvalue weighted by Crippen LogP contribution is -2.20. The zero-order chi connectivity index (χ0) is 20.8. The number of carbonyl (C=O) groups is 1. The summed E-state index contributed by atoms with van der Waals surface area (Å²) in [6, 6.07) is 10.6. The highest BCUT2D eigenvalue weighted by Gasteiger charge is 2.12. The van der Waals surface area contributed by atoms with Crippen LogP contribution in [0.15, 0.2) is 48.5 Å². The van der Waals surface area contributed by atoms with Gasteiger partial charge in [-0.2, -0.15) is 17.6 Å². The number of amides is 1. The Morgan fingerprint density at radius 1 is 1.10 bits per heavy atom. The Balaban J connectivity index is 1.66. The van der Waals surface area contributed by atoms with Crippen molar-refractivity contribution in [2.75, 3.05) is 0 Å². The third-order valence-corrected chi connectivity index (χ3v) is 3.71. The SMILES string of the molecule is O=C(/C=C/c1ccc(OC(F)F)cc1OC(F)F)NCc1nc2ccccc2[nH]1. The van der Waals surface area contributed by atoms with Crippen molar-refractivity contribution in [1.29, 1.82) is 0 Å². The maximum atomic E-state index is 12.6. The summed E-state index contributed by atoms with van der Waals surface area (Å²) in [4.78, 5) is 19.4. The fourth-order valence-electron chi connectivity index (χ4n) is 2.51. The maximum absolute atomic E-state index is 12.6. The highest BCUT2D eigenvalue weighted by Crippen LogP contribution is 2.28. The minimum atomic E-state index is -3.18. The number of rotatable bonds is 8. The average molecular weight is 409 g/mol. The zero-order valence-electron chi connectivity index (χ0n) is 14.7. The molecule has 0 bridgehead atoms. The van der Waals surface area contributed by atoms with E-state index in [1.807, 2.05) is 24.3 Å². The summed E-state index contributed by atoms with van der Waals surface area (Å²) in [6.45, 7) is -6.16. The number of benzene rings is 2. The highest BCUT2D eigenvalue weighted by molar-refractivity contribution is 5.92. The lowest BCUT2D eigenvalue weighted by atomic mass is 10.1. The number of ether oxygens (including phenoxy) is 2. The zero-order valence-corrected chi connectivity index (χ0v) is 14.7. The molecule has 3 aromatic rings. The number of hydrogen-bond acceptors (Lipinski definition) is 4. The number of nitrogens with zero attached hydrogens (tertiary/aromatic N) is 1. The molecule has 0 saturated carbocycles. The van der Waals surface area contributed by atoms with Crippen LogP contribution in [0.2, 0.25) is 0 Å². The van der Waals surface area contributed by atoms with E-state index in [9.17, 15) is 22.4 Å². The minimum absolute atomic E-state index is 0.0887. The predicted octanol–water partition coefficient (Wildman–Crippen LogP) is 4.10. The molecule has 29 heavy (non-hydrogen) atoms.